The van der Waals surface area contributed by atoms with Crippen LogP contribution in [0.2, 0.25) is 0 Å². The lowest BCUT2D eigenvalue weighted by molar-refractivity contribution is -0.137. The number of carbonyl (C=O) groups excluding carboxylic acids is 2. The molecule has 0 atom stereocenters. The maximum Gasteiger partial charge on any atom is 0.336 e. The number of hydrogen-bond acceptors (Lipinski definition) is 3. The van der Waals surface area contributed by atoms with Gasteiger partial charge in [-0.25, -0.2) is 4.79 Å². The van der Waals surface area contributed by atoms with Crippen molar-refractivity contribution in [2.24, 2.45) is 0 Å². The van der Waals surface area contributed by atoms with Gasteiger partial charge in [-0.1, -0.05) is 30.9 Å². The van der Waals surface area contributed by atoms with Gasteiger partial charge in [0.1, 0.15) is 0 Å². The van der Waals surface area contributed by atoms with E-state index in [1.54, 1.807) is 19.1 Å². The Morgan fingerprint density at radius 2 is 1.77 bits per heavy atom. The van der Waals surface area contributed by atoms with Gasteiger partial charge in [-0.05, 0) is 53.2 Å². The van der Waals surface area contributed by atoms with E-state index < -0.39 is 5.97 Å². The Kier molecular flexibility index (Phi) is 11.8. The number of hydrogen-bond donors (Lipinski definition) is 0. The highest BCUT2D eigenvalue weighted by Crippen LogP contribution is 2.24. The quantitative estimate of drug-likeness (QED) is 0.462. The number of methoxy groups -OCH3 is 1. The Labute approximate surface area is 181 Å². The fraction of sp³-hybridized carbons (Fsp3) is 0.360. The fourth-order valence-corrected chi connectivity index (χ4v) is 3.10. The van der Waals surface area contributed by atoms with E-state index in [0.29, 0.717) is 17.8 Å². The third-order valence-corrected chi connectivity index (χ3v) is 4.67. The second-order valence-electron chi connectivity index (χ2n) is 6.73. The molecule has 2 rings (SSSR count). The smallest absolute Gasteiger partial charge is 0.336 e. The molecule has 0 aliphatic carbocycles. The van der Waals surface area contributed by atoms with E-state index in [1.165, 1.54) is 34.7 Å². The maximum atomic E-state index is 11.4. The molecule has 1 aromatic rings. The van der Waals surface area contributed by atoms with Crippen LogP contribution in [0.25, 0.3) is 11.8 Å². The lowest BCUT2D eigenvalue weighted by atomic mass is 10.2. The highest BCUT2D eigenvalue weighted by molar-refractivity contribution is 6.00. The molecule has 1 aliphatic rings. The molecule has 30 heavy (non-hydrogen) atoms. The maximum absolute atomic E-state index is 11.4. The molecule has 0 spiro atoms. The van der Waals surface area contributed by atoms with Gasteiger partial charge >= 0.3 is 5.97 Å². The molecule has 0 N–H and O–H groups in total. The average Bonchev–Trinajstić information content (AvgIpc) is 3.17. The summed E-state index contributed by atoms with van der Waals surface area (Å²) in [6, 6.07) is 2.16. The minimum Gasteiger partial charge on any atom is -0.466 e. The van der Waals surface area contributed by atoms with Crippen LogP contribution in [0.5, 0.6) is 0 Å². The molecule has 5 heteroatoms. The second-order valence-corrected chi connectivity index (χ2v) is 6.73. The van der Waals surface area contributed by atoms with Gasteiger partial charge in [-0.3, -0.25) is 4.79 Å². The molecule has 0 saturated heterocycles. The Bertz CT molecular complexity index is 854. The first kappa shape index (κ1) is 26.9. The van der Waals surface area contributed by atoms with Crippen LogP contribution in [-0.4, -0.2) is 35.0 Å². The monoisotopic (exact) mass is 412 g/mol. The van der Waals surface area contributed by atoms with Crippen molar-refractivity contribution < 1.29 is 14.3 Å². The van der Waals surface area contributed by atoms with Gasteiger partial charge in [-0.2, -0.15) is 0 Å². The standard InChI is InChI=1S/C12H17N.C10H13NO3.C3H6/c1-6-9(3)13-10(4)8-12(7-2)11(13)5;1-4-5-11-7(2)8(6-9(11)12)10(13)14-3;1-3-2/h6-8H,2H2,1,3-5H3;4H,1,5-6H2,2-3H3;3H,1H2,2H3/b9-6+;;. The average molecular weight is 413 g/mol. The first-order valence-corrected chi connectivity index (χ1v) is 9.85. The molecule has 0 unspecified atom stereocenters. The highest BCUT2D eigenvalue weighted by Gasteiger charge is 2.30. The normalized spacial score (nSPS) is 13.1. The SMILES string of the molecule is C=CC.C=CCN1C(=O)CC(C(=O)OC)=C1C.C=Cc1cc(C)n(/C(C)=C/C)c1C. The number of amides is 1. The van der Waals surface area contributed by atoms with Crippen LogP contribution in [-0.2, 0) is 14.3 Å². The van der Waals surface area contributed by atoms with Crippen LogP contribution >= 0.6 is 0 Å². The molecule has 0 fully saturated rings. The molecular formula is C25H36N2O3. The van der Waals surface area contributed by atoms with Gasteiger partial charge in [0.15, 0.2) is 0 Å². The van der Waals surface area contributed by atoms with E-state index in [-0.39, 0.29) is 12.3 Å². The third kappa shape index (κ3) is 6.76. The van der Waals surface area contributed by atoms with E-state index >= 15 is 0 Å². The van der Waals surface area contributed by atoms with Gasteiger partial charge in [0, 0.05) is 29.3 Å². The number of ether oxygens (including phenoxy) is 1. The lowest BCUT2D eigenvalue weighted by Gasteiger charge is -2.14. The minimum absolute atomic E-state index is 0.0807. The van der Waals surface area contributed by atoms with Crippen molar-refractivity contribution >= 4 is 23.6 Å². The first-order chi connectivity index (χ1) is 14.1. The Hall–Kier alpha value is -3.08. The van der Waals surface area contributed by atoms with Gasteiger partial charge in [0.2, 0.25) is 5.91 Å². The summed E-state index contributed by atoms with van der Waals surface area (Å²) in [6.45, 7) is 23.2. The topological polar surface area (TPSA) is 51.5 Å². The van der Waals surface area contributed by atoms with Gasteiger partial charge < -0.3 is 14.2 Å². The molecule has 0 saturated carbocycles. The van der Waals surface area contributed by atoms with Crippen LogP contribution in [0.3, 0.4) is 0 Å². The number of rotatable bonds is 5. The summed E-state index contributed by atoms with van der Waals surface area (Å²) < 4.78 is 6.82. The largest absolute Gasteiger partial charge is 0.466 e. The fourth-order valence-electron chi connectivity index (χ4n) is 3.10. The van der Waals surface area contributed by atoms with Crippen molar-refractivity contribution in [2.75, 3.05) is 13.7 Å². The summed E-state index contributed by atoms with van der Waals surface area (Å²) in [5, 5.41) is 0. The van der Waals surface area contributed by atoms with Crippen LogP contribution < -0.4 is 0 Å². The zero-order chi connectivity index (χ0) is 23.4. The van der Waals surface area contributed by atoms with Gasteiger partial charge in [0.05, 0.1) is 19.1 Å². The zero-order valence-electron chi connectivity index (χ0n) is 19.5. The predicted octanol–water partition coefficient (Wildman–Crippen LogP) is 5.67. The van der Waals surface area contributed by atoms with Crippen LogP contribution in [0.1, 0.15) is 51.1 Å². The summed E-state index contributed by atoms with van der Waals surface area (Å²) in [5.74, 6) is -0.509. The molecular weight excluding hydrogens is 376 g/mol. The number of carbonyl (C=O) groups is 2. The second kappa shape index (κ2) is 13.2. The number of aromatic nitrogens is 1. The summed E-state index contributed by atoms with van der Waals surface area (Å²) in [7, 11) is 1.31. The van der Waals surface area contributed by atoms with Crippen molar-refractivity contribution in [3.05, 3.63) is 72.3 Å². The summed E-state index contributed by atoms with van der Waals surface area (Å²) in [6.07, 6.45) is 7.53. The molecule has 1 aliphatic heterocycles. The Morgan fingerprint density at radius 1 is 1.20 bits per heavy atom. The number of nitrogens with zero attached hydrogens (tertiary/aromatic N) is 2. The predicted molar refractivity (Wildman–Crippen MR) is 127 cm³/mol. The van der Waals surface area contributed by atoms with Crippen LogP contribution in [0.4, 0.5) is 0 Å². The van der Waals surface area contributed by atoms with E-state index in [9.17, 15) is 9.59 Å². The van der Waals surface area contributed by atoms with Crippen molar-refractivity contribution in [1.29, 1.82) is 0 Å². The van der Waals surface area contributed by atoms with Gasteiger partial charge in [-0.15, -0.1) is 13.2 Å². The van der Waals surface area contributed by atoms with E-state index in [4.69, 9.17) is 0 Å². The molecule has 0 bridgehead atoms. The molecule has 0 aromatic carbocycles. The molecule has 2 heterocycles. The molecule has 0 radical (unpaired) electrons. The lowest BCUT2D eigenvalue weighted by Crippen LogP contribution is -2.23. The van der Waals surface area contributed by atoms with Crippen molar-refractivity contribution in [1.82, 2.24) is 9.47 Å². The van der Waals surface area contributed by atoms with Crippen LogP contribution in [0.15, 0.2) is 55.3 Å². The molecule has 5 nitrogen and oxygen atoms in total. The molecule has 1 amide bonds. The summed E-state index contributed by atoms with van der Waals surface area (Å²) in [4.78, 5) is 24.2. The Balaban J connectivity index is 0.000000497. The van der Waals surface area contributed by atoms with Crippen molar-refractivity contribution in [2.45, 2.75) is 48.0 Å². The molecule has 1 aromatic heterocycles. The number of esters is 1. The van der Waals surface area contributed by atoms with Gasteiger partial charge in [0.25, 0.3) is 0 Å². The summed E-state index contributed by atoms with van der Waals surface area (Å²) in [5.41, 5.74) is 6.13. The number of allylic oxidation sites excluding steroid dienone is 4. The molecule has 164 valence electrons. The third-order valence-electron chi connectivity index (χ3n) is 4.67. The zero-order valence-corrected chi connectivity index (χ0v) is 19.5. The number of aryl methyl sites for hydroxylation is 1. The minimum atomic E-state index is -0.428. The van der Waals surface area contributed by atoms with Crippen molar-refractivity contribution in [3.63, 3.8) is 0 Å². The first-order valence-electron chi connectivity index (χ1n) is 9.85. The van der Waals surface area contributed by atoms with Crippen molar-refractivity contribution in [3.8, 4) is 0 Å². The summed E-state index contributed by atoms with van der Waals surface area (Å²) >= 11 is 0. The highest BCUT2D eigenvalue weighted by atomic mass is 16.5. The van der Waals surface area contributed by atoms with E-state index in [0.717, 1.165) is 0 Å². The van der Waals surface area contributed by atoms with Crippen LogP contribution in [0, 0.1) is 13.8 Å². The van der Waals surface area contributed by atoms with E-state index in [1.807, 2.05) is 13.0 Å². The van der Waals surface area contributed by atoms with E-state index in [2.05, 4.69) is 68.9 Å². The Morgan fingerprint density at radius 3 is 2.17 bits per heavy atom.